The fourth-order valence-electron chi connectivity index (χ4n) is 1.27. The molecule has 0 unspecified atom stereocenters. The summed E-state index contributed by atoms with van der Waals surface area (Å²) in [4.78, 5) is 0. The number of hydrogen-bond donors (Lipinski definition) is 2. The molecule has 0 aromatic rings. The SMILES string of the molecule is CC[C@H](O)C1(CN)CC1. The van der Waals surface area contributed by atoms with Crippen LogP contribution in [0.25, 0.3) is 0 Å². The fourth-order valence-corrected chi connectivity index (χ4v) is 1.27. The van der Waals surface area contributed by atoms with Gasteiger partial charge in [-0.1, -0.05) is 6.92 Å². The van der Waals surface area contributed by atoms with Crippen molar-refractivity contribution < 1.29 is 5.11 Å². The maximum Gasteiger partial charge on any atom is 0.0605 e. The summed E-state index contributed by atoms with van der Waals surface area (Å²) in [5.41, 5.74) is 5.62. The van der Waals surface area contributed by atoms with Crippen LogP contribution in [-0.2, 0) is 0 Å². The molecule has 0 aliphatic heterocycles. The molecule has 1 saturated carbocycles. The van der Waals surface area contributed by atoms with Gasteiger partial charge in [0.1, 0.15) is 0 Å². The molecule has 2 heteroatoms. The minimum atomic E-state index is -0.150. The Hall–Kier alpha value is -0.0800. The Bertz CT molecular complexity index is 99.1. The number of nitrogens with two attached hydrogens (primary N) is 1. The average molecular weight is 129 g/mol. The Morgan fingerprint density at radius 3 is 2.33 bits per heavy atom. The zero-order chi connectivity index (χ0) is 6.91. The van der Waals surface area contributed by atoms with Gasteiger partial charge in [0.15, 0.2) is 0 Å². The molecule has 0 aromatic heterocycles. The molecule has 1 aliphatic rings. The summed E-state index contributed by atoms with van der Waals surface area (Å²) in [6.45, 7) is 2.66. The van der Waals surface area contributed by atoms with Crippen molar-refractivity contribution in [1.82, 2.24) is 0 Å². The predicted molar refractivity (Wildman–Crippen MR) is 37.0 cm³/mol. The number of hydrogen-bond acceptors (Lipinski definition) is 2. The Kier molecular flexibility index (Phi) is 1.78. The van der Waals surface area contributed by atoms with Gasteiger partial charge in [0.25, 0.3) is 0 Å². The van der Waals surface area contributed by atoms with Crippen molar-refractivity contribution in [2.45, 2.75) is 32.3 Å². The van der Waals surface area contributed by atoms with Crippen molar-refractivity contribution in [2.75, 3.05) is 6.54 Å². The minimum Gasteiger partial charge on any atom is -0.393 e. The third-order valence-corrected chi connectivity index (χ3v) is 2.39. The molecule has 0 heterocycles. The molecule has 1 aliphatic carbocycles. The van der Waals surface area contributed by atoms with Crippen LogP contribution in [0.2, 0.25) is 0 Å². The Labute approximate surface area is 56.1 Å². The molecular formula is C7H15NO. The molecule has 0 spiro atoms. The Balaban J connectivity index is 2.39. The molecule has 0 aromatic carbocycles. The van der Waals surface area contributed by atoms with E-state index in [9.17, 15) is 5.11 Å². The first kappa shape index (κ1) is 7.03. The van der Waals surface area contributed by atoms with Crippen LogP contribution in [0, 0.1) is 5.41 Å². The maximum atomic E-state index is 9.37. The highest BCUT2D eigenvalue weighted by molar-refractivity contribution is 4.98. The van der Waals surface area contributed by atoms with E-state index >= 15 is 0 Å². The zero-order valence-corrected chi connectivity index (χ0v) is 5.93. The lowest BCUT2D eigenvalue weighted by Gasteiger charge is -2.17. The first-order valence-electron chi connectivity index (χ1n) is 3.63. The summed E-state index contributed by atoms with van der Waals surface area (Å²) in [5.74, 6) is 0. The van der Waals surface area contributed by atoms with Gasteiger partial charge in [-0.05, 0) is 19.3 Å². The van der Waals surface area contributed by atoms with Crippen LogP contribution in [0.1, 0.15) is 26.2 Å². The third kappa shape index (κ3) is 1.10. The Morgan fingerprint density at radius 1 is 1.67 bits per heavy atom. The lowest BCUT2D eigenvalue weighted by atomic mass is 9.98. The minimum absolute atomic E-state index is 0.134. The van der Waals surface area contributed by atoms with Gasteiger partial charge >= 0.3 is 0 Å². The van der Waals surface area contributed by atoms with Gasteiger partial charge in [-0.3, -0.25) is 0 Å². The van der Waals surface area contributed by atoms with Gasteiger partial charge in [-0.25, -0.2) is 0 Å². The van der Waals surface area contributed by atoms with E-state index in [4.69, 9.17) is 5.73 Å². The van der Waals surface area contributed by atoms with Crippen molar-refractivity contribution in [3.63, 3.8) is 0 Å². The molecule has 1 rings (SSSR count). The summed E-state index contributed by atoms with van der Waals surface area (Å²) >= 11 is 0. The van der Waals surface area contributed by atoms with Gasteiger partial charge in [0.2, 0.25) is 0 Å². The second kappa shape index (κ2) is 2.27. The molecule has 0 bridgehead atoms. The third-order valence-electron chi connectivity index (χ3n) is 2.39. The predicted octanol–water partition coefficient (Wildman–Crippen LogP) is 0.496. The van der Waals surface area contributed by atoms with Crippen molar-refractivity contribution in [2.24, 2.45) is 11.1 Å². The quantitative estimate of drug-likeness (QED) is 0.582. The first-order valence-corrected chi connectivity index (χ1v) is 3.63. The van der Waals surface area contributed by atoms with E-state index in [2.05, 4.69) is 0 Å². The molecule has 2 nitrogen and oxygen atoms in total. The van der Waals surface area contributed by atoms with E-state index in [1.165, 1.54) is 0 Å². The van der Waals surface area contributed by atoms with Gasteiger partial charge < -0.3 is 10.8 Å². The highest BCUT2D eigenvalue weighted by atomic mass is 16.3. The number of aliphatic hydroxyl groups is 1. The molecule has 0 saturated heterocycles. The number of aliphatic hydroxyl groups excluding tert-OH is 1. The molecule has 1 atom stereocenters. The molecule has 0 amide bonds. The molecule has 0 radical (unpaired) electrons. The van der Waals surface area contributed by atoms with Crippen molar-refractivity contribution >= 4 is 0 Å². The summed E-state index contributed by atoms with van der Waals surface area (Å²) in [6, 6.07) is 0. The van der Waals surface area contributed by atoms with Crippen LogP contribution in [0.15, 0.2) is 0 Å². The average Bonchev–Trinajstić information content (AvgIpc) is 2.66. The summed E-state index contributed by atoms with van der Waals surface area (Å²) in [7, 11) is 0. The van der Waals surface area contributed by atoms with E-state index < -0.39 is 0 Å². The highest BCUT2D eigenvalue weighted by Gasteiger charge is 2.46. The van der Waals surface area contributed by atoms with E-state index in [-0.39, 0.29) is 11.5 Å². The topological polar surface area (TPSA) is 46.2 Å². The molecular weight excluding hydrogens is 114 g/mol. The van der Waals surface area contributed by atoms with E-state index in [0.717, 1.165) is 19.3 Å². The smallest absolute Gasteiger partial charge is 0.0605 e. The maximum absolute atomic E-state index is 9.37. The van der Waals surface area contributed by atoms with Crippen molar-refractivity contribution in [1.29, 1.82) is 0 Å². The molecule has 9 heavy (non-hydrogen) atoms. The molecule has 54 valence electrons. The summed E-state index contributed by atoms with van der Waals surface area (Å²) in [6.07, 6.45) is 2.94. The van der Waals surface area contributed by atoms with Gasteiger partial charge in [-0.2, -0.15) is 0 Å². The lowest BCUT2D eigenvalue weighted by Crippen LogP contribution is -2.28. The fraction of sp³-hybridized carbons (Fsp3) is 1.00. The monoisotopic (exact) mass is 129 g/mol. The van der Waals surface area contributed by atoms with Crippen LogP contribution in [0.3, 0.4) is 0 Å². The molecule has 3 N–H and O–H groups in total. The van der Waals surface area contributed by atoms with E-state index in [1.54, 1.807) is 0 Å². The van der Waals surface area contributed by atoms with Crippen LogP contribution in [0.5, 0.6) is 0 Å². The van der Waals surface area contributed by atoms with Crippen molar-refractivity contribution in [3.05, 3.63) is 0 Å². The number of rotatable bonds is 3. The largest absolute Gasteiger partial charge is 0.393 e. The standard InChI is InChI=1S/C7H15NO/c1-2-6(9)7(5-8)3-4-7/h6,9H,2-5,8H2,1H3/t6-/m0/s1. The summed E-state index contributed by atoms with van der Waals surface area (Å²) < 4.78 is 0. The summed E-state index contributed by atoms with van der Waals surface area (Å²) in [5, 5.41) is 9.37. The van der Waals surface area contributed by atoms with E-state index in [0.29, 0.717) is 6.54 Å². The van der Waals surface area contributed by atoms with Crippen LogP contribution >= 0.6 is 0 Å². The zero-order valence-electron chi connectivity index (χ0n) is 5.93. The lowest BCUT2D eigenvalue weighted by molar-refractivity contribution is 0.0934. The van der Waals surface area contributed by atoms with Crippen LogP contribution < -0.4 is 5.73 Å². The normalized spacial score (nSPS) is 25.7. The Morgan fingerprint density at radius 2 is 2.22 bits per heavy atom. The van der Waals surface area contributed by atoms with Gasteiger partial charge in [-0.15, -0.1) is 0 Å². The second-order valence-corrected chi connectivity index (χ2v) is 2.99. The first-order chi connectivity index (χ1) is 4.25. The van der Waals surface area contributed by atoms with Gasteiger partial charge in [0, 0.05) is 12.0 Å². The second-order valence-electron chi connectivity index (χ2n) is 2.99. The van der Waals surface area contributed by atoms with Crippen molar-refractivity contribution in [3.8, 4) is 0 Å². The molecule has 1 fully saturated rings. The highest BCUT2D eigenvalue weighted by Crippen LogP contribution is 2.48. The van der Waals surface area contributed by atoms with Gasteiger partial charge in [0.05, 0.1) is 6.10 Å². The van der Waals surface area contributed by atoms with Crippen LogP contribution in [0.4, 0.5) is 0 Å². The van der Waals surface area contributed by atoms with Crippen LogP contribution in [-0.4, -0.2) is 17.8 Å². The van der Waals surface area contributed by atoms with E-state index in [1.807, 2.05) is 6.92 Å².